The van der Waals surface area contributed by atoms with Gasteiger partial charge in [-0.25, -0.2) is 0 Å². The van der Waals surface area contributed by atoms with Gasteiger partial charge in [0.25, 0.3) is 0 Å². The van der Waals surface area contributed by atoms with Gasteiger partial charge in [0, 0.05) is 0 Å². The van der Waals surface area contributed by atoms with Crippen molar-refractivity contribution in [2.75, 3.05) is 19.6 Å². The number of carboxylic acids is 2. The van der Waals surface area contributed by atoms with E-state index in [4.69, 9.17) is 10.2 Å². The minimum atomic E-state index is -0.984. The number of carbonyl (C=O) groups is 2. The van der Waals surface area contributed by atoms with Crippen LogP contribution >= 0.6 is 0 Å². The highest BCUT2D eigenvalue weighted by molar-refractivity contribution is 5.72. The second kappa shape index (κ2) is 7.32. The molecule has 0 aromatic rings. The number of hydrogen-bond donors (Lipinski definition) is 2. The van der Waals surface area contributed by atoms with Crippen molar-refractivity contribution in [1.82, 2.24) is 4.90 Å². The van der Waals surface area contributed by atoms with Crippen LogP contribution in [0.4, 0.5) is 0 Å². The summed E-state index contributed by atoms with van der Waals surface area (Å²) in [6.07, 6.45) is 2.88. The molecule has 0 rings (SSSR count). The van der Waals surface area contributed by atoms with Gasteiger partial charge in [0.2, 0.25) is 0 Å². The summed E-state index contributed by atoms with van der Waals surface area (Å²) < 4.78 is 0. The van der Waals surface area contributed by atoms with E-state index >= 15 is 0 Å². The molecule has 5 nitrogen and oxygen atoms in total. The van der Waals surface area contributed by atoms with Gasteiger partial charge < -0.3 is 10.2 Å². The highest BCUT2D eigenvalue weighted by Crippen LogP contribution is 1.98. The Hall–Kier alpha value is -1.10. The number of aliphatic carboxylic acids is 2. The van der Waals surface area contributed by atoms with Crippen molar-refractivity contribution < 1.29 is 19.8 Å². The quantitative estimate of drug-likeness (QED) is 0.566. The van der Waals surface area contributed by atoms with Gasteiger partial charge >= 0.3 is 11.9 Å². The van der Waals surface area contributed by atoms with Crippen molar-refractivity contribution in [1.29, 1.82) is 0 Å². The monoisotopic (exact) mass is 203 g/mol. The topological polar surface area (TPSA) is 77.8 Å². The summed E-state index contributed by atoms with van der Waals surface area (Å²) in [6, 6.07) is 0. The fourth-order valence-electron chi connectivity index (χ4n) is 1.18. The van der Waals surface area contributed by atoms with E-state index in [2.05, 4.69) is 0 Å². The lowest BCUT2D eigenvalue weighted by atomic mass is 10.2. The number of nitrogens with zero attached hydrogens (tertiary/aromatic N) is 1. The zero-order valence-corrected chi connectivity index (χ0v) is 8.40. The average molecular weight is 203 g/mol. The maximum absolute atomic E-state index is 10.4. The SMILES string of the molecule is CCCCCN(CC(=O)O)CC(=O)O. The van der Waals surface area contributed by atoms with E-state index in [0.717, 1.165) is 19.3 Å². The molecule has 0 bridgehead atoms. The first-order valence-corrected chi connectivity index (χ1v) is 4.72. The van der Waals surface area contributed by atoms with E-state index in [9.17, 15) is 9.59 Å². The molecule has 2 N–H and O–H groups in total. The van der Waals surface area contributed by atoms with Gasteiger partial charge in [0.15, 0.2) is 0 Å². The largest absolute Gasteiger partial charge is 0.480 e. The first-order valence-electron chi connectivity index (χ1n) is 4.72. The summed E-state index contributed by atoms with van der Waals surface area (Å²) in [4.78, 5) is 22.2. The normalized spacial score (nSPS) is 10.4. The number of carboxylic acid groups (broad SMARTS) is 2. The molecule has 0 aromatic heterocycles. The molecule has 0 aromatic carbocycles. The zero-order valence-electron chi connectivity index (χ0n) is 8.40. The van der Waals surface area contributed by atoms with Crippen LogP contribution in [0.5, 0.6) is 0 Å². The van der Waals surface area contributed by atoms with E-state index < -0.39 is 11.9 Å². The maximum Gasteiger partial charge on any atom is 0.317 e. The van der Waals surface area contributed by atoms with Crippen LogP contribution < -0.4 is 0 Å². The third-order valence-corrected chi connectivity index (χ3v) is 1.80. The number of hydrogen-bond acceptors (Lipinski definition) is 3. The molecule has 0 heterocycles. The molecule has 5 heteroatoms. The van der Waals surface area contributed by atoms with Gasteiger partial charge in [-0.2, -0.15) is 0 Å². The Morgan fingerprint density at radius 3 is 1.93 bits per heavy atom. The Bertz CT molecular complexity index is 177. The van der Waals surface area contributed by atoms with Crippen LogP contribution in [0, 0.1) is 0 Å². The van der Waals surface area contributed by atoms with Crippen LogP contribution in [-0.2, 0) is 9.59 Å². The van der Waals surface area contributed by atoms with Gasteiger partial charge in [-0.15, -0.1) is 0 Å². The van der Waals surface area contributed by atoms with Gasteiger partial charge in [0.1, 0.15) is 0 Å². The fraction of sp³-hybridized carbons (Fsp3) is 0.778. The zero-order chi connectivity index (χ0) is 11.0. The Balaban J connectivity index is 3.84. The Morgan fingerprint density at radius 1 is 1.07 bits per heavy atom. The predicted octanol–water partition coefficient (Wildman–Crippen LogP) is 0.648. The van der Waals surface area contributed by atoms with Gasteiger partial charge in [-0.1, -0.05) is 19.8 Å². The average Bonchev–Trinajstić information content (AvgIpc) is 2.02. The fourth-order valence-corrected chi connectivity index (χ4v) is 1.18. The smallest absolute Gasteiger partial charge is 0.317 e. The first-order chi connectivity index (χ1) is 6.56. The molecule has 0 radical (unpaired) electrons. The van der Waals surface area contributed by atoms with E-state index in [1.165, 1.54) is 4.90 Å². The van der Waals surface area contributed by atoms with Crippen molar-refractivity contribution in [2.45, 2.75) is 26.2 Å². The van der Waals surface area contributed by atoms with Crippen LogP contribution in [0.2, 0.25) is 0 Å². The second-order valence-electron chi connectivity index (χ2n) is 3.21. The molecule has 0 saturated heterocycles. The molecule has 82 valence electrons. The summed E-state index contributed by atoms with van der Waals surface area (Å²) in [7, 11) is 0. The molecular formula is C9H17NO4. The van der Waals surface area contributed by atoms with Crippen LogP contribution in [-0.4, -0.2) is 46.7 Å². The number of rotatable bonds is 8. The van der Waals surface area contributed by atoms with Crippen molar-refractivity contribution in [3.63, 3.8) is 0 Å². The number of unbranched alkanes of at least 4 members (excludes halogenated alkanes) is 2. The molecule has 0 aliphatic rings. The van der Waals surface area contributed by atoms with Crippen molar-refractivity contribution in [2.24, 2.45) is 0 Å². The predicted molar refractivity (Wildman–Crippen MR) is 51.2 cm³/mol. The van der Waals surface area contributed by atoms with E-state index in [0.29, 0.717) is 6.54 Å². The Morgan fingerprint density at radius 2 is 1.57 bits per heavy atom. The minimum Gasteiger partial charge on any atom is -0.480 e. The highest BCUT2D eigenvalue weighted by Gasteiger charge is 2.12. The van der Waals surface area contributed by atoms with Crippen LogP contribution in [0.3, 0.4) is 0 Å². The van der Waals surface area contributed by atoms with Crippen LogP contribution in [0.25, 0.3) is 0 Å². The lowest BCUT2D eigenvalue weighted by Crippen LogP contribution is -2.35. The lowest BCUT2D eigenvalue weighted by molar-refractivity contribution is -0.141. The van der Waals surface area contributed by atoms with Gasteiger partial charge in [-0.3, -0.25) is 14.5 Å². The second-order valence-corrected chi connectivity index (χ2v) is 3.21. The molecule has 0 unspecified atom stereocenters. The standard InChI is InChI=1S/C9H17NO4/c1-2-3-4-5-10(6-8(11)12)7-9(13)14/h2-7H2,1H3,(H,11,12)(H,13,14). The van der Waals surface area contributed by atoms with Crippen LogP contribution in [0.1, 0.15) is 26.2 Å². The molecule has 0 fully saturated rings. The van der Waals surface area contributed by atoms with Gasteiger partial charge in [-0.05, 0) is 13.0 Å². The summed E-state index contributed by atoms with van der Waals surface area (Å²) in [5, 5.41) is 17.0. The summed E-state index contributed by atoms with van der Waals surface area (Å²) in [5.41, 5.74) is 0. The lowest BCUT2D eigenvalue weighted by Gasteiger charge is -2.17. The highest BCUT2D eigenvalue weighted by atomic mass is 16.4. The van der Waals surface area contributed by atoms with E-state index in [-0.39, 0.29) is 13.1 Å². The van der Waals surface area contributed by atoms with Crippen LogP contribution in [0.15, 0.2) is 0 Å². The Kier molecular flexibility index (Phi) is 6.74. The first kappa shape index (κ1) is 12.9. The minimum absolute atomic E-state index is 0.198. The molecule has 14 heavy (non-hydrogen) atoms. The third kappa shape index (κ3) is 7.54. The molecule has 0 spiro atoms. The maximum atomic E-state index is 10.4. The summed E-state index contributed by atoms with van der Waals surface area (Å²) in [5.74, 6) is -1.97. The molecule has 0 aliphatic heterocycles. The molecule has 0 atom stereocenters. The third-order valence-electron chi connectivity index (χ3n) is 1.80. The summed E-state index contributed by atoms with van der Waals surface area (Å²) >= 11 is 0. The van der Waals surface area contributed by atoms with Crippen molar-refractivity contribution >= 4 is 11.9 Å². The van der Waals surface area contributed by atoms with Gasteiger partial charge in [0.05, 0.1) is 13.1 Å². The van der Waals surface area contributed by atoms with Crippen molar-refractivity contribution in [3.05, 3.63) is 0 Å². The van der Waals surface area contributed by atoms with Crippen molar-refractivity contribution in [3.8, 4) is 0 Å². The van der Waals surface area contributed by atoms with E-state index in [1.807, 2.05) is 6.92 Å². The molecule has 0 amide bonds. The Labute approximate surface area is 83.3 Å². The molecular weight excluding hydrogens is 186 g/mol. The molecule has 0 saturated carbocycles. The summed E-state index contributed by atoms with van der Waals surface area (Å²) in [6.45, 7) is 2.18. The molecule has 0 aliphatic carbocycles. The van der Waals surface area contributed by atoms with E-state index in [1.54, 1.807) is 0 Å².